The van der Waals surface area contributed by atoms with Gasteiger partial charge in [0.25, 0.3) is 0 Å². The lowest BCUT2D eigenvalue weighted by atomic mass is 9.99. The zero-order valence-corrected chi connectivity index (χ0v) is 36.3. The van der Waals surface area contributed by atoms with E-state index in [1.807, 2.05) is 60.7 Å². The summed E-state index contributed by atoms with van der Waals surface area (Å²) in [5, 5.41) is 9.00. The second-order valence-corrected chi connectivity index (χ2v) is 17.8. The summed E-state index contributed by atoms with van der Waals surface area (Å²) in [5.41, 5.74) is 22.9. The van der Waals surface area contributed by atoms with Crippen LogP contribution in [-0.2, 0) is 0 Å². The Morgan fingerprint density at radius 2 is 0.823 bits per heavy atom. The first kappa shape index (κ1) is 40.4. The molecule has 0 amide bonds. The number of aromatic nitrogens is 6. The lowest BCUT2D eigenvalue weighted by Crippen LogP contribution is -2.01. The van der Waals surface area contributed by atoms with Crippen molar-refractivity contribution in [2.45, 2.75) is 59.1 Å². The van der Waals surface area contributed by atoms with E-state index in [1.165, 1.54) is 0 Å². The SMILES string of the molecule is CC(C)c1ccc2c(Nc3cc(-c4ccc(-c5ccc(Sc6ccc(N)cc6)c(Nc6ncnc7nc(C(C)C)ccc67)c5)cc4)ccc3Sc3ccc(N)cc3)ncnc2n1. The van der Waals surface area contributed by atoms with Crippen LogP contribution in [-0.4, -0.2) is 29.9 Å². The quantitative estimate of drug-likeness (QED) is 0.0865. The highest BCUT2D eigenvalue weighted by molar-refractivity contribution is 7.99. The molecule has 10 nitrogen and oxygen atoms in total. The number of nitrogen functional groups attached to an aromatic ring is 2. The van der Waals surface area contributed by atoms with Gasteiger partial charge in [0.15, 0.2) is 11.3 Å². The Hall–Kier alpha value is -7.02. The van der Waals surface area contributed by atoms with Gasteiger partial charge < -0.3 is 22.1 Å². The molecule has 0 aliphatic heterocycles. The second-order valence-electron chi connectivity index (χ2n) is 15.6. The molecular formula is C50H44N10S2. The highest BCUT2D eigenvalue weighted by atomic mass is 32.2. The number of nitrogens with one attached hydrogen (secondary N) is 2. The Morgan fingerprint density at radius 3 is 1.21 bits per heavy atom. The van der Waals surface area contributed by atoms with Gasteiger partial charge in [-0.15, -0.1) is 0 Å². The van der Waals surface area contributed by atoms with Crippen LogP contribution in [0.2, 0.25) is 0 Å². The van der Waals surface area contributed by atoms with Crippen LogP contribution in [0.15, 0.2) is 166 Å². The summed E-state index contributed by atoms with van der Waals surface area (Å²) in [4.78, 5) is 32.2. The van der Waals surface area contributed by atoms with Crippen LogP contribution in [0, 0.1) is 0 Å². The predicted octanol–water partition coefficient (Wildman–Crippen LogP) is 12.9. The Labute approximate surface area is 369 Å². The van der Waals surface area contributed by atoms with E-state index in [0.29, 0.717) is 22.9 Å². The Bertz CT molecular complexity index is 2840. The van der Waals surface area contributed by atoms with Crippen LogP contribution < -0.4 is 22.1 Å². The minimum atomic E-state index is 0.287. The second kappa shape index (κ2) is 17.5. The lowest BCUT2D eigenvalue weighted by Gasteiger charge is -2.16. The summed E-state index contributed by atoms with van der Waals surface area (Å²) in [6.45, 7) is 8.52. The molecule has 0 fully saturated rings. The number of rotatable bonds is 12. The first-order chi connectivity index (χ1) is 30.1. The van der Waals surface area contributed by atoms with Crippen molar-refractivity contribution in [3.05, 3.63) is 158 Å². The fourth-order valence-electron chi connectivity index (χ4n) is 6.98. The molecule has 0 aliphatic rings. The van der Waals surface area contributed by atoms with Crippen LogP contribution in [0.1, 0.15) is 50.9 Å². The molecular weight excluding hydrogens is 805 g/mol. The molecule has 0 spiro atoms. The van der Waals surface area contributed by atoms with Crippen molar-refractivity contribution in [3.63, 3.8) is 0 Å². The smallest absolute Gasteiger partial charge is 0.164 e. The summed E-state index contributed by atoms with van der Waals surface area (Å²) < 4.78 is 0. The van der Waals surface area contributed by atoms with Gasteiger partial charge in [-0.25, -0.2) is 29.9 Å². The third-order valence-electron chi connectivity index (χ3n) is 10.5. The lowest BCUT2D eigenvalue weighted by molar-refractivity contribution is 0.827. The van der Waals surface area contributed by atoms with E-state index >= 15 is 0 Å². The molecule has 4 heterocycles. The number of nitrogens with zero attached hydrogens (tertiary/aromatic N) is 6. The average Bonchev–Trinajstić information content (AvgIpc) is 3.29. The Morgan fingerprint density at radius 1 is 0.435 bits per heavy atom. The molecule has 0 aliphatic carbocycles. The van der Waals surface area contributed by atoms with E-state index in [-0.39, 0.29) is 11.8 Å². The van der Waals surface area contributed by atoms with E-state index < -0.39 is 0 Å². The highest BCUT2D eigenvalue weighted by Gasteiger charge is 2.16. The van der Waals surface area contributed by atoms with Gasteiger partial charge >= 0.3 is 0 Å². The standard InChI is InChI=1S/C50H44N10S2/c1-29(2)41-21-19-39-47(57-41)53-27-55-49(39)59-43-25-33(9-23-45(43)61-37-15-11-35(51)12-16-37)31-5-7-32(8-6-31)34-10-24-46(62-38-17-13-36(52)14-18-38)44(26-34)60-50-40-20-22-42(30(3)4)58-48(40)54-28-56-50/h5-30H,51-52H2,1-4H3,(H,53,55,57,59)(H,54,56,58,60). The van der Waals surface area contributed by atoms with Gasteiger partial charge in [0, 0.05) is 42.3 Å². The molecule has 5 aromatic carbocycles. The summed E-state index contributed by atoms with van der Waals surface area (Å²) >= 11 is 3.32. The minimum Gasteiger partial charge on any atom is -0.399 e. The van der Waals surface area contributed by atoms with Gasteiger partial charge in [-0.05, 0) is 131 Å². The first-order valence-corrected chi connectivity index (χ1v) is 22.0. The molecule has 0 saturated carbocycles. The molecule has 9 aromatic rings. The maximum atomic E-state index is 6.02. The normalized spacial score (nSPS) is 11.5. The molecule has 4 aromatic heterocycles. The Balaban J connectivity index is 1.05. The number of nitrogens with two attached hydrogens (primary N) is 2. The third kappa shape index (κ3) is 8.88. The molecule has 306 valence electrons. The largest absolute Gasteiger partial charge is 0.399 e. The number of fused-ring (bicyclic) bond motifs is 2. The number of anilines is 6. The molecule has 0 saturated heterocycles. The number of benzene rings is 5. The maximum Gasteiger partial charge on any atom is 0.164 e. The topological polar surface area (TPSA) is 153 Å². The Kier molecular flexibility index (Phi) is 11.4. The average molecular weight is 849 g/mol. The van der Waals surface area contributed by atoms with Crippen molar-refractivity contribution in [2.75, 3.05) is 22.1 Å². The molecule has 62 heavy (non-hydrogen) atoms. The van der Waals surface area contributed by atoms with Crippen molar-refractivity contribution in [1.82, 2.24) is 29.9 Å². The molecule has 0 unspecified atom stereocenters. The van der Waals surface area contributed by atoms with E-state index in [2.05, 4.69) is 131 Å². The minimum absolute atomic E-state index is 0.287. The van der Waals surface area contributed by atoms with Crippen LogP contribution >= 0.6 is 23.5 Å². The van der Waals surface area contributed by atoms with Crippen molar-refractivity contribution >= 4 is 80.0 Å². The molecule has 9 rings (SSSR count). The molecule has 12 heteroatoms. The van der Waals surface area contributed by atoms with Crippen molar-refractivity contribution < 1.29 is 0 Å². The zero-order valence-electron chi connectivity index (χ0n) is 34.7. The molecule has 0 atom stereocenters. The number of pyridine rings is 2. The predicted molar refractivity (Wildman–Crippen MR) is 257 cm³/mol. The zero-order chi connectivity index (χ0) is 42.7. The third-order valence-corrected chi connectivity index (χ3v) is 12.6. The van der Waals surface area contributed by atoms with Gasteiger partial charge in [0.2, 0.25) is 0 Å². The van der Waals surface area contributed by atoms with Crippen LogP contribution in [0.25, 0.3) is 44.3 Å². The fourth-order valence-corrected chi connectivity index (χ4v) is 8.75. The first-order valence-electron chi connectivity index (χ1n) is 20.4. The number of hydrogen-bond acceptors (Lipinski definition) is 12. The van der Waals surface area contributed by atoms with E-state index in [0.717, 1.165) is 86.7 Å². The fraction of sp³-hybridized carbons (Fsp3) is 0.120. The van der Waals surface area contributed by atoms with Gasteiger partial charge in [-0.3, -0.25) is 0 Å². The van der Waals surface area contributed by atoms with Crippen molar-refractivity contribution in [3.8, 4) is 22.3 Å². The number of hydrogen-bond donors (Lipinski definition) is 4. The van der Waals surface area contributed by atoms with Gasteiger partial charge in [-0.2, -0.15) is 0 Å². The molecule has 0 radical (unpaired) electrons. The van der Waals surface area contributed by atoms with Crippen molar-refractivity contribution in [1.29, 1.82) is 0 Å². The maximum absolute atomic E-state index is 6.02. The van der Waals surface area contributed by atoms with Gasteiger partial charge in [0.1, 0.15) is 24.3 Å². The monoisotopic (exact) mass is 848 g/mol. The van der Waals surface area contributed by atoms with Gasteiger partial charge in [0.05, 0.1) is 22.1 Å². The van der Waals surface area contributed by atoms with E-state index in [9.17, 15) is 0 Å². The molecule has 0 bridgehead atoms. The van der Waals surface area contributed by atoms with Crippen LogP contribution in [0.3, 0.4) is 0 Å². The van der Waals surface area contributed by atoms with Crippen LogP contribution in [0.4, 0.5) is 34.4 Å². The summed E-state index contributed by atoms with van der Waals surface area (Å²) in [6.07, 6.45) is 3.13. The summed E-state index contributed by atoms with van der Waals surface area (Å²) in [7, 11) is 0. The summed E-state index contributed by atoms with van der Waals surface area (Å²) in [6, 6.07) is 45.6. The highest BCUT2D eigenvalue weighted by Crippen LogP contribution is 2.41. The van der Waals surface area contributed by atoms with E-state index in [4.69, 9.17) is 21.4 Å². The van der Waals surface area contributed by atoms with E-state index in [1.54, 1.807) is 36.2 Å². The van der Waals surface area contributed by atoms with Gasteiger partial charge in [-0.1, -0.05) is 87.6 Å². The molecule has 6 N–H and O–H groups in total. The van der Waals surface area contributed by atoms with Crippen LogP contribution in [0.5, 0.6) is 0 Å². The van der Waals surface area contributed by atoms with Crippen molar-refractivity contribution in [2.24, 2.45) is 0 Å². The summed E-state index contributed by atoms with van der Waals surface area (Å²) in [5.74, 6) is 1.96.